The number of carbonyl (C=O) groups is 2. The van der Waals surface area contributed by atoms with E-state index in [2.05, 4.69) is 34.1 Å². The largest absolute Gasteiger partial charge is 0.469 e. The zero-order chi connectivity index (χ0) is 24.9. The minimum absolute atomic E-state index is 0.290. The third kappa shape index (κ3) is 3.21. The highest BCUT2D eigenvalue weighted by Crippen LogP contribution is 2.58. The van der Waals surface area contributed by atoms with Crippen molar-refractivity contribution in [2.75, 3.05) is 14.2 Å². The van der Waals surface area contributed by atoms with Crippen molar-refractivity contribution in [3.8, 4) is 0 Å². The maximum Gasteiger partial charge on any atom is 0.326 e. The van der Waals surface area contributed by atoms with Crippen LogP contribution < -0.4 is 0 Å². The van der Waals surface area contributed by atoms with Crippen LogP contribution in [0.25, 0.3) is 10.9 Å². The van der Waals surface area contributed by atoms with Gasteiger partial charge in [0.05, 0.1) is 32.2 Å². The molecule has 1 saturated heterocycles. The average molecular weight is 481 g/mol. The Morgan fingerprint density at radius 1 is 0.861 bits per heavy atom. The number of nitrogens with zero attached hydrogens (tertiary/aromatic N) is 1. The van der Waals surface area contributed by atoms with E-state index in [-0.39, 0.29) is 24.0 Å². The van der Waals surface area contributed by atoms with Gasteiger partial charge in [0.15, 0.2) is 0 Å². The lowest BCUT2D eigenvalue weighted by atomic mass is 9.78. The third-order valence-electron chi connectivity index (χ3n) is 7.93. The Morgan fingerprint density at radius 2 is 1.50 bits per heavy atom. The number of rotatable bonds is 4. The van der Waals surface area contributed by atoms with Gasteiger partial charge in [-0.2, -0.15) is 0 Å². The van der Waals surface area contributed by atoms with Crippen LogP contribution in [0.2, 0.25) is 0 Å². The Morgan fingerprint density at radius 3 is 2.17 bits per heavy atom. The van der Waals surface area contributed by atoms with Crippen LogP contribution in [0.4, 0.5) is 0 Å². The van der Waals surface area contributed by atoms with E-state index in [0.717, 1.165) is 33.3 Å². The Kier molecular flexibility index (Phi) is 5.41. The van der Waals surface area contributed by atoms with Gasteiger partial charge in [0.2, 0.25) is 0 Å². The number of aromatic nitrogens is 1. The van der Waals surface area contributed by atoms with Crippen LogP contribution in [0.5, 0.6) is 0 Å². The lowest BCUT2D eigenvalue weighted by molar-refractivity contribution is -0.156. The van der Waals surface area contributed by atoms with Gasteiger partial charge >= 0.3 is 11.9 Å². The molecule has 1 fully saturated rings. The SMILES string of the molecule is COC(=O)C1C[C@@]2(C(=O)OC)Cc3c([nH]c4ccccc34)C(c3ccccc3)N2[C@@H]1c1ccccc1. The van der Waals surface area contributed by atoms with Gasteiger partial charge in [0.1, 0.15) is 5.54 Å². The lowest BCUT2D eigenvalue weighted by Gasteiger charge is -2.47. The van der Waals surface area contributed by atoms with Gasteiger partial charge in [0.25, 0.3) is 0 Å². The van der Waals surface area contributed by atoms with Crippen LogP contribution in [0, 0.1) is 5.92 Å². The first-order chi connectivity index (χ1) is 17.6. The number of hydrogen-bond acceptors (Lipinski definition) is 5. The summed E-state index contributed by atoms with van der Waals surface area (Å²) in [5, 5.41) is 1.09. The standard InChI is InChI=1S/C30H28N2O4/c1-35-28(33)23-18-30(29(34)36-2)17-22-21-15-9-10-16-24(21)31-25(22)27(20-13-7-4-8-14-20)32(30)26(23)19-11-5-3-6-12-19/h3-16,23,26-27,31H,17-18H2,1-2H3/t23?,26-,27?,30-/m1/s1. The molecule has 1 aromatic heterocycles. The predicted molar refractivity (Wildman–Crippen MR) is 136 cm³/mol. The molecule has 0 saturated carbocycles. The maximum atomic E-state index is 13.8. The smallest absolute Gasteiger partial charge is 0.326 e. The zero-order valence-corrected chi connectivity index (χ0v) is 20.3. The second kappa shape index (κ2) is 8.64. The molecule has 6 nitrogen and oxygen atoms in total. The number of ether oxygens (including phenoxy) is 2. The van der Waals surface area contributed by atoms with E-state index >= 15 is 0 Å². The Hall–Kier alpha value is -3.90. The number of H-pyrrole nitrogens is 1. The molecule has 36 heavy (non-hydrogen) atoms. The van der Waals surface area contributed by atoms with E-state index in [1.54, 1.807) is 0 Å². The molecular formula is C30H28N2O4. The molecule has 2 aliphatic rings. The van der Waals surface area contributed by atoms with Gasteiger partial charge in [-0.15, -0.1) is 0 Å². The third-order valence-corrected chi connectivity index (χ3v) is 7.93. The topological polar surface area (TPSA) is 71.6 Å². The maximum absolute atomic E-state index is 13.8. The summed E-state index contributed by atoms with van der Waals surface area (Å²) in [5.74, 6) is -1.17. The highest BCUT2D eigenvalue weighted by Gasteiger charge is 2.64. The Labute approximate surface area is 209 Å². The van der Waals surface area contributed by atoms with Gasteiger partial charge in [0, 0.05) is 23.0 Å². The van der Waals surface area contributed by atoms with E-state index in [9.17, 15) is 9.59 Å². The molecule has 3 aromatic carbocycles. The minimum atomic E-state index is -1.04. The van der Waals surface area contributed by atoms with Crippen molar-refractivity contribution in [3.05, 3.63) is 107 Å². The quantitative estimate of drug-likeness (QED) is 0.418. The van der Waals surface area contributed by atoms with Crippen LogP contribution in [0.1, 0.15) is 40.9 Å². The number of methoxy groups -OCH3 is 2. The summed E-state index contributed by atoms with van der Waals surface area (Å²) in [4.78, 5) is 33.0. The molecule has 6 heteroatoms. The molecule has 0 radical (unpaired) electrons. The molecule has 1 N–H and O–H groups in total. The molecule has 4 aromatic rings. The number of aromatic amines is 1. The van der Waals surface area contributed by atoms with Crippen LogP contribution in [-0.2, 0) is 25.5 Å². The van der Waals surface area contributed by atoms with Crippen molar-refractivity contribution in [3.63, 3.8) is 0 Å². The van der Waals surface area contributed by atoms with Crippen molar-refractivity contribution in [1.29, 1.82) is 0 Å². The van der Waals surface area contributed by atoms with E-state index in [4.69, 9.17) is 9.47 Å². The molecule has 2 unspecified atom stereocenters. The van der Waals surface area contributed by atoms with Gasteiger partial charge < -0.3 is 14.5 Å². The summed E-state index contributed by atoms with van der Waals surface area (Å²) in [6.45, 7) is 0. The first-order valence-corrected chi connectivity index (χ1v) is 12.2. The zero-order valence-electron chi connectivity index (χ0n) is 20.3. The fourth-order valence-corrected chi connectivity index (χ4v) is 6.51. The van der Waals surface area contributed by atoms with Crippen LogP contribution in [-0.4, -0.2) is 41.6 Å². The first-order valence-electron chi connectivity index (χ1n) is 12.2. The van der Waals surface area contributed by atoms with E-state index in [1.165, 1.54) is 14.2 Å². The van der Waals surface area contributed by atoms with Crippen molar-refractivity contribution in [2.24, 2.45) is 5.92 Å². The van der Waals surface area contributed by atoms with E-state index < -0.39 is 11.5 Å². The number of carbonyl (C=O) groups excluding carboxylic acids is 2. The summed E-state index contributed by atoms with van der Waals surface area (Å²) >= 11 is 0. The van der Waals surface area contributed by atoms with Gasteiger partial charge in [-0.05, 0) is 29.2 Å². The fraction of sp³-hybridized carbons (Fsp3) is 0.267. The van der Waals surface area contributed by atoms with Crippen molar-refractivity contribution < 1.29 is 19.1 Å². The molecular weight excluding hydrogens is 452 g/mol. The Bertz CT molecular complexity index is 1430. The first kappa shape index (κ1) is 22.6. The fourth-order valence-electron chi connectivity index (χ4n) is 6.51. The Balaban J connectivity index is 1.67. The molecule has 0 bridgehead atoms. The normalized spacial score (nSPS) is 25.2. The number of benzene rings is 3. The van der Waals surface area contributed by atoms with E-state index in [1.807, 2.05) is 60.7 Å². The molecule has 0 amide bonds. The second-order valence-electron chi connectivity index (χ2n) is 9.67. The molecule has 2 aliphatic heterocycles. The average Bonchev–Trinajstić information content (AvgIpc) is 3.48. The van der Waals surface area contributed by atoms with Crippen molar-refractivity contribution in [1.82, 2.24) is 9.88 Å². The van der Waals surface area contributed by atoms with Gasteiger partial charge in [-0.1, -0.05) is 78.9 Å². The number of hydrogen-bond donors (Lipinski definition) is 1. The summed E-state index contributed by atoms with van der Waals surface area (Å²) in [6, 6.07) is 27.7. The number of esters is 2. The van der Waals surface area contributed by atoms with Gasteiger partial charge in [-0.3, -0.25) is 14.5 Å². The molecule has 0 aliphatic carbocycles. The van der Waals surface area contributed by atoms with E-state index in [0.29, 0.717) is 12.8 Å². The highest BCUT2D eigenvalue weighted by molar-refractivity contribution is 5.90. The highest BCUT2D eigenvalue weighted by atomic mass is 16.5. The predicted octanol–water partition coefficient (Wildman–Crippen LogP) is 4.96. The van der Waals surface area contributed by atoms with Crippen molar-refractivity contribution in [2.45, 2.75) is 30.5 Å². The second-order valence-corrected chi connectivity index (χ2v) is 9.67. The molecule has 182 valence electrons. The van der Waals surface area contributed by atoms with Crippen LogP contribution in [0.3, 0.4) is 0 Å². The van der Waals surface area contributed by atoms with Crippen LogP contribution in [0.15, 0.2) is 84.9 Å². The monoisotopic (exact) mass is 480 g/mol. The summed E-state index contributed by atoms with van der Waals surface area (Å²) < 4.78 is 10.8. The number of para-hydroxylation sites is 1. The van der Waals surface area contributed by atoms with Crippen LogP contribution >= 0.6 is 0 Å². The summed E-state index contributed by atoms with van der Waals surface area (Å²) in [5.41, 5.74) is 4.16. The molecule has 6 rings (SSSR count). The molecule has 0 spiro atoms. The van der Waals surface area contributed by atoms with Crippen molar-refractivity contribution >= 4 is 22.8 Å². The number of fused-ring (bicyclic) bond motifs is 4. The minimum Gasteiger partial charge on any atom is -0.469 e. The number of nitrogens with one attached hydrogen (secondary N) is 1. The van der Waals surface area contributed by atoms with Gasteiger partial charge in [-0.25, -0.2) is 0 Å². The summed E-state index contributed by atoms with van der Waals surface area (Å²) in [7, 11) is 2.84. The molecule has 4 atom stereocenters. The lowest BCUT2D eigenvalue weighted by Crippen LogP contribution is -2.57. The molecule has 3 heterocycles. The summed E-state index contributed by atoms with van der Waals surface area (Å²) in [6.07, 6.45) is 0.757.